The van der Waals surface area contributed by atoms with Crippen LogP contribution < -0.4 is 4.74 Å². The van der Waals surface area contributed by atoms with Crippen LogP contribution in [0.5, 0.6) is 5.75 Å². The van der Waals surface area contributed by atoms with E-state index in [1.165, 1.54) is 11.1 Å². The highest BCUT2D eigenvalue weighted by Gasteiger charge is 2.14. The lowest BCUT2D eigenvalue weighted by atomic mass is 10.0. The molecule has 4 rings (SSSR count). The number of methoxy groups -OCH3 is 1. The zero-order chi connectivity index (χ0) is 15.1. The summed E-state index contributed by atoms with van der Waals surface area (Å²) in [7, 11) is 1.68. The van der Waals surface area contributed by atoms with Gasteiger partial charge in [-0.05, 0) is 18.6 Å². The molecule has 0 saturated heterocycles. The first-order valence-electron chi connectivity index (χ1n) is 7.29. The number of pyridine rings is 1. The van der Waals surface area contributed by atoms with Crippen LogP contribution in [0, 0.1) is 6.92 Å². The largest absolute Gasteiger partial charge is 0.494 e. The Morgan fingerprint density at radius 1 is 0.955 bits per heavy atom. The third kappa shape index (κ3) is 1.79. The van der Waals surface area contributed by atoms with Gasteiger partial charge in [-0.15, -0.1) is 0 Å². The van der Waals surface area contributed by atoms with Gasteiger partial charge in [0.2, 0.25) is 0 Å². The average molecular weight is 288 g/mol. The SMILES string of the molecule is COc1cccc2c1ncc1c(-c3ccccc3)c(C)[nH]c12. The summed E-state index contributed by atoms with van der Waals surface area (Å²) in [6, 6.07) is 16.4. The number of hydrogen-bond acceptors (Lipinski definition) is 2. The van der Waals surface area contributed by atoms with Gasteiger partial charge in [-0.1, -0.05) is 42.5 Å². The number of nitrogens with zero attached hydrogens (tertiary/aromatic N) is 1. The average Bonchev–Trinajstić information content (AvgIpc) is 2.91. The van der Waals surface area contributed by atoms with E-state index >= 15 is 0 Å². The fraction of sp³-hybridized carbons (Fsp3) is 0.105. The standard InChI is InChI=1S/C19H16N2O/c1-12-17(13-7-4-3-5-8-13)15-11-20-19-14(18(15)21-12)9-6-10-16(19)22-2/h3-11,21H,1-2H3. The number of hydrogen-bond donors (Lipinski definition) is 1. The van der Waals surface area contributed by atoms with Gasteiger partial charge < -0.3 is 9.72 Å². The van der Waals surface area contributed by atoms with E-state index in [0.29, 0.717) is 0 Å². The van der Waals surface area contributed by atoms with Crippen molar-refractivity contribution in [3.8, 4) is 16.9 Å². The van der Waals surface area contributed by atoms with Crippen molar-refractivity contribution in [2.75, 3.05) is 7.11 Å². The molecule has 0 amide bonds. The second-order valence-electron chi connectivity index (χ2n) is 5.39. The molecule has 4 aromatic rings. The van der Waals surface area contributed by atoms with Crippen LogP contribution in [0.25, 0.3) is 32.9 Å². The van der Waals surface area contributed by atoms with Gasteiger partial charge in [0.1, 0.15) is 11.3 Å². The van der Waals surface area contributed by atoms with Crippen molar-refractivity contribution in [2.45, 2.75) is 6.92 Å². The number of para-hydroxylation sites is 1. The number of H-pyrrole nitrogens is 1. The number of ether oxygens (including phenoxy) is 1. The second kappa shape index (κ2) is 4.88. The highest BCUT2D eigenvalue weighted by atomic mass is 16.5. The molecule has 2 aromatic heterocycles. The van der Waals surface area contributed by atoms with E-state index in [-0.39, 0.29) is 0 Å². The van der Waals surface area contributed by atoms with Crippen molar-refractivity contribution in [2.24, 2.45) is 0 Å². The summed E-state index contributed by atoms with van der Waals surface area (Å²) in [4.78, 5) is 8.16. The molecule has 0 bridgehead atoms. The Balaban J connectivity index is 2.10. The van der Waals surface area contributed by atoms with Gasteiger partial charge in [0.05, 0.1) is 12.6 Å². The molecule has 0 fully saturated rings. The van der Waals surface area contributed by atoms with Crippen molar-refractivity contribution < 1.29 is 4.74 Å². The molecule has 3 nitrogen and oxygen atoms in total. The Bertz CT molecular complexity index is 971. The lowest BCUT2D eigenvalue weighted by molar-refractivity contribution is 0.419. The van der Waals surface area contributed by atoms with Gasteiger partial charge in [0.25, 0.3) is 0 Å². The fourth-order valence-electron chi connectivity index (χ4n) is 3.11. The molecule has 0 unspecified atom stereocenters. The van der Waals surface area contributed by atoms with Crippen LogP contribution in [0.15, 0.2) is 54.7 Å². The Kier molecular flexibility index (Phi) is 2.86. The maximum Gasteiger partial charge on any atom is 0.145 e. The van der Waals surface area contributed by atoms with E-state index < -0.39 is 0 Å². The lowest BCUT2D eigenvalue weighted by Crippen LogP contribution is -1.88. The van der Waals surface area contributed by atoms with E-state index in [4.69, 9.17) is 4.74 Å². The summed E-state index contributed by atoms with van der Waals surface area (Å²) >= 11 is 0. The van der Waals surface area contributed by atoms with E-state index in [2.05, 4.69) is 47.2 Å². The maximum absolute atomic E-state index is 5.42. The molecule has 0 atom stereocenters. The molecule has 0 aliphatic heterocycles. The molecule has 2 aromatic carbocycles. The van der Waals surface area contributed by atoms with Crippen molar-refractivity contribution >= 4 is 21.8 Å². The number of rotatable bonds is 2. The summed E-state index contributed by atoms with van der Waals surface area (Å²) in [5, 5.41) is 2.23. The van der Waals surface area contributed by atoms with Crippen LogP contribution >= 0.6 is 0 Å². The summed E-state index contributed by atoms with van der Waals surface area (Å²) < 4.78 is 5.42. The monoisotopic (exact) mass is 288 g/mol. The molecule has 2 heterocycles. The zero-order valence-electron chi connectivity index (χ0n) is 12.6. The van der Waals surface area contributed by atoms with Crippen molar-refractivity contribution in [3.05, 3.63) is 60.4 Å². The van der Waals surface area contributed by atoms with E-state index in [0.717, 1.165) is 33.2 Å². The Morgan fingerprint density at radius 2 is 1.77 bits per heavy atom. The van der Waals surface area contributed by atoms with Gasteiger partial charge in [0.15, 0.2) is 0 Å². The van der Waals surface area contributed by atoms with Crippen LogP contribution in [-0.4, -0.2) is 17.1 Å². The molecule has 0 spiro atoms. The van der Waals surface area contributed by atoms with Crippen molar-refractivity contribution in [1.82, 2.24) is 9.97 Å². The predicted molar refractivity (Wildman–Crippen MR) is 90.3 cm³/mol. The first-order valence-corrected chi connectivity index (χ1v) is 7.29. The van der Waals surface area contributed by atoms with Crippen LogP contribution in [0.3, 0.4) is 0 Å². The molecule has 1 N–H and O–H groups in total. The highest BCUT2D eigenvalue weighted by Crippen LogP contribution is 2.36. The summed E-state index contributed by atoms with van der Waals surface area (Å²) in [5.41, 5.74) is 5.57. The third-order valence-corrected chi connectivity index (χ3v) is 4.10. The molecule has 0 aliphatic rings. The van der Waals surface area contributed by atoms with Gasteiger partial charge in [-0.3, -0.25) is 4.98 Å². The van der Waals surface area contributed by atoms with Crippen molar-refractivity contribution in [1.29, 1.82) is 0 Å². The normalized spacial score (nSPS) is 11.2. The lowest BCUT2D eigenvalue weighted by Gasteiger charge is -2.05. The molecule has 108 valence electrons. The van der Waals surface area contributed by atoms with Crippen molar-refractivity contribution in [3.63, 3.8) is 0 Å². The second-order valence-corrected chi connectivity index (χ2v) is 5.39. The first kappa shape index (κ1) is 12.9. The molecule has 22 heavy (non-hydrogen) atoms. The van der Waals surface area contributed by atoms with E-state index in [1.807, 2.05) is 24.4 Å². The molecule has 3 heteroatoms. The van der Waals surface area contributed by atoms with Gasteiger partial charge in [0, 0.05) is 28.2 Å². The first-order chi connectivity index (χ1) is 10.8. The topological polar surface area (TPSA) is 37.9 Å². The van der Waals surface area contributed by atoms with E-state index in [9.17, 15) is 0 Å². The van der Waals surface area contributed by atoms with Gasteiger partial charge in [-0.25, -0.2) is 0 Å². The Hall–Kier alpha value is -2.81. The minimum atomic E-state index is 0.799. The van der Waals surface area contributed by atoms with Crippen LogP contribution in [-0.2, 0) is 0 Å². The molecular weight excluding hydrogens is 272 g/mol. The van der Waals surface area contributed by atoms with Gasteiger partial charge in [-0.2, -0.15) is 0 Å². The van der Waals surface area contributed by atoms with Crippen LogP contribution in [0.4, 0.5) is 0 Å². The third-order valence-electron chi connectivity index (χ3n) is 4.10. The maximum atomic E-state index is 5.42. The molecular formula is C19H16N2O. The quantitative estimate of drug-likeness (QED) is 0.580. The Labute approximate surface area is 128 Å². The Morgan fingerprint density at radius 3 is 2.55 bits per heavy atom. The summed E-state index contributed by atoms with van der Waals surface area (Å²) in [6.07, 6.45) is 1.94. The number of aryl methyl sites for hydroxylation is 1. The predicted octanol–water partition coefficient (Wildman–Crippen LogP) is 4.70. The number of aromatic nitrogens is 2. The minimum absolute atomic E-state index is 0.799. The fourth-order valence-corrected chi connectivity index (χ4v) is 3.11. The molecule has 0 radical (unpaired) electrons. The van der Waals surface area contributed by atoms with Gasteiger partial charge >= 0.3 is 0 Å². The smallest absolute Gasteiger partial charge is 0.145 e. The molecule has 0 aliphatic carbocycles. The summed E-state index contributed by atoms with van der Waals surface area (Å²) in [6.45, 7) is 2.11. The number of nitrogens with one attached hydrogen (secondary N) is 1. The minimum Gasteiger partial charge on any atom is -0.494 e. The zero-order valence-corrected chi connectivity index (χ0v) is 12.6. The number of aromatic amines is 1. The summed E-state index contributed by atoms with van der Waals surface area (Å²) in [5.74, 6) is 0.799. The molecule has 0 saturated carbocycles. The highest BCUT2D eigenvalue weighted by molar-refractivity contribution is 6.11. The number of benzene rings is 2. The number of fused-ring (bicyclic) bond motifs is 3. The van der Waals surface area contributed by atoms with Crippen LogP contribution in [0.2, 0.25) is 0 Å². The van der Waals surface area contributed by atoms with Crippen LogP contribution in [0.1, 0.15) is 5.69 Å². The van der Waals surface area contributed by atoms with E-state index in [1.54, 1.807) is 7.11 Å².